The number of nitrogens with one attached hydrogen (secondary N) is 2. The van der Waals surface area contributed by atoms with Gasteiger partial charge in [0.2, 0.25) is 5.91 Å². The van der Waals surface area contributed by atoms with Crippen molar-refractivity contribution in [1.29, 1.82) is 0 Å². The third kappa shape index (κ3) is 3.19. The number of aromatic carboxylic acids is 1. The Hall–Kier alpha value is -1.49. The van der Waals surface area contributed by atoms with Gasteiger partial charge >= 0.3 is 5.97 Å². The minimum atomic E-state index is -4.04. The van der Waals surface area contributed by atoms with Gasteiger partial charge in [0, 0.05) is 24.5 Å². The van der Waals surface area contributed by atoms with Crippen LogP contribution in [0.1, 0.15) is 40.6 Å². The molecule has 0 saturated carbocycles. The fourth-order valence-corrected chi connectivity index (χ4v) is 7.03. The van der Waals surface area contributed by atoms with E-state index in [9.17, 15) is 23.1 Å². The number of sulfonamides is 1. The van der Waals surface area contributed by atoms with Crippen molar-refractivity contribution in [1.82, 2.24) is 14.9 Å². The van der Waals surface area contributed by atoms with Crippen LogP contribution in [0.25, 0.3) is 0 Å². The highest BCUT2D eigenvalue weighted by molar-refractivity contribution is 7.91. The van der Waals surface area contributed by atoms with Crippen molar-refractivity contribution in [3.8, 4) is 0 Å². The van der Waals surface area contributed by atoms with Crippen LogP contribution >= 0.6 is 11.3 Å². The number of hydrogen-bond donors (Lipinski definition) is 3. The van der Waals surface area contributed by atoms with Gasteiger partial charge in [-0.05, 0) is 38.3 Å². The van der Waals surface area contributed by atoms with Crippen LogP contribution in [0, 0.1) is 0 Å². The van der Waals surface area contributed by atoms with Crippen molar-refractivity contribution >= 4 is 33.2 Å². The lowest BCUT2D eigenvalue weighted by atomic mass is 10.1. The normalized spacial score (nSPS) is 21.1. The summed E-state index contributed by atoms with van der Waals surface area (Å²) in [6.45, 7) is 3.51. The van der Waals surface area contributed by atoms with E-state index >= 15 is 0 Å². The molecule has 2 aliphatic rings. The largest absolute Gasteiger partial charge is 0.478 e. The first kappa shape index (κ1) is 18.3. The van der Waals surface area contributed by atoms with Crippen LogP contribution in [-0.2, 0) is 27.8 Å². The Bertz CT molecular complexity index is 802. The predicted octanol–water partition coefficient (Wildman–Crippen LogP) is 0.381. The van der Waals surface area contributed by atoms with Crippen LogP contribution in [0.15, 0.2) is 4.21 Å². The average Bonchev–Trinajstić information content (AvgIpc) is 3.20. The Balaban J connectivity index is 2.04. The van der Waals surface area contributed by atoms with Gasteiger partial charge in [-0.1, -0.05) is 0 Å². The van der Waals surface area contributed by atoms with Crippen molar-refractivity contribution in [2.45, 2.75) is 43.0 Å². The molecule has 25 heavy (non-hydrogen) atoms. The third-order valence-electron chi connectivity index (χ3n) is 4.51. The Labute approximate surface area is 150 Å². The maximum atomic E-state index is 13.2. The first-order valence-corrected chi connectivity index (χ1v) is 10.5. The second-order valence-electron chi connectivity index (χ2n) is 6.07. The molecular weight excluding hydrogens is 366 g/mol. The van der Waals surface area contributed by atoms with Crippen LogP contribution in [0.5, 0.6) is 0 Å². The van der Waals surface area contributed by atoms with E-state index in [1.807, 2.05) is 0 Å². The van der Waals surface area contributed by atoms with Gasteiger partial charge in [0.05, 0.1) is 5.56 Å². The number of thiophene rings is 1. The number of rotatable bonds is 5. The Morgan fingerprint density at radius 2 is 2.20 bits per heavy atom. The zero-order valence-electron chi connectivity index (χ0n) is 13.9. The van der Waals surface area contributed by atoms with E-state index in [2.05, 4.69) is 10.6 Å². The number of carboxylic acids is 1. The number of carbonyl (C=O) groups is 2. The molecule has 2 aliphatic heterocycles. The van der Waals surface area contributed by atoms with Crippen LogP contribution < -0.4 is 10.6 Å². The number of likely N-dealkylation sites (N-methyl/N-ethyl adjacent to an activating group) is 1. The number of amides is 1. The summed E-state index contributed by atoms with van der Waals surface area (Å²) in [5.41, 5.74) is 0.478. The molecule has 3 rings (SSSR count). The van der Waals surface area contributed by atoms with Crippen LogP contribution in [-0.4, -0.2) is 55.4 Å². The molecule has 0 bridgehead atoms. The fourth-order valence-electron chi connectivity index (χ4n) is 3.40. The van der Waals surface area contributed by atoms with Crippen LogP contribution in [0.3, 0.4) is 0 Å². The van der Waals surface area contributed by atoms with E-state index in [1.54, 1.807) is 6.92 Å². The number of carboxylic acid groups (broad SMARTS) is 1. The molecule has 1 fully saturated rings. The predicted molar refractivity (Wildman–Crippen MR) is 92.3 cm³/mol. The molecule has 3 N–H and O–H groups in total. The molecule has 1 aromatic rings. The summed E-state index contributed by atoms with van der Waals surface area (Å²) in [6, 6.07) is -0.774. The summed E-state index contributed by atoms with van der Waals surface area (Å²) in [5, 5.41) is 15.4. The molecule has 138 valence electrons. The number of nitrogens with zero attached hydrogens (tertiary/aromatic N) is 1. The first-order valence-electron chi connectivity index (χ1n) is 8.26. The Morgan fingerprint density at radius 1 is 1.44 bits per heavy atom. The summed E-state index contributed by atoms with van der Waals surface area (Å²) < 4.78 is 27.4. The molecular formula is C15H21N3O5S2. The van der Waals surface area contributed by atoms with Crippen LogP contribution in [0.4, 0.5) is 0 Å². The van der Waals surface area contributed by atoms with E-state index in [0.717, 1.165) is 20.5 Å². The molecule has 1 atom stereocenters. The monoisotopic (exact) mass is 387 g/mol. The number of carbonyl (C=O) groups excluding carboxylic acids is 1. The lowest BCUT2D eigenvalue weighted by Crippen LogP contribution is -2.45. The second-order valence-corrected chi connectivity index (χ2v) is 9.26. The molecule has 0 unspecified atom stereocenters. The van der Waals surface area contributed by atoms with Crippen molar-refractivity contribution < 1.29 is 23.1 Å². The topological polar surface area (TPSA) is 116 Å². The van der Waals surface area contributed by atoms with E-state index in [-0.39, 0.29) is 22.2 Å². The molecule has 0 aromatic carbocycles. The number of hydrogen-bond acceptors (Lipinski definition) is 6. The molecule has 0 aliphatic carbocycles. The van der Waals surface area contributed by atoms with Crippen molar-refractivity contribution in [2.24, 2.45) is 0 Å². The van der Waals surface area contributed by atoms with E-state index in [0.29, 0.717) is 44.5 Å². The second kappa shape index (κ2) is 7.02. The fraction of sp³-hybridized carbons (Fsp3) is 0.600. The van der Waals surface area contributed by atoms with Gasteiger partial charge in [-0.25, -0.2) is 13.2 Å². The first-order chi connectivity index (χ1) is 11.9. The highest BCUT2D eigenvalue weighted by Gasteiger charge is 2.43. The summed E-state index contributed by atoms with van der Waals surface area (Å²) in [6.07, 6.45) is 1.51. The lowest BCUT2D eigenvalue weighted by Gasteiger charge is -2.22. The Morgan fingerprint density at radius 3 is 2.88 bits per heavy atom. The average molecular weight is 387 g/mol. The van der Waals surface area contributed by atoms with E-state index in [4.69, 9.17) is 0 Å². The molecule has 10 heteroatoms. The number of fused-ring (bicyclic) bond motifs is 1. The van der Waals surface area contributed by atoms with Gasteiger partial charge in [-0.2, -0.15) is 4.31 Å². The highest BCUT2D eigenvalue weighted by atomic mass is 32.2. The molecule has 0 spiro atoms. The summed E-state index contributed by atoms with van der Waals surface area (Å²) in [5.74, 6) is -1.56. The zero-order valence-corrected chi connectivity index (χ0v) is 15.5. The van der Waals surface area contributed by atoms with Gasteiger partial charge in [0.15, 0.2) is 0 Å². The van der Waals surface area contributed by atoms with Crippen molar-refractivity contribution in [3.63, 3.8) is 0 Å². The van der Waals surface area contributed by atoms with E-state index in [1.165, 1.54) is 0 Å². The van der Waals surface area contributed by atoms with E-state index < -0.39 is 22.0 Å². The van der Waals surface area contributed by atoms with Gasteiger partial charge in [0.1, 0.15) is 10.3 Å². The highest BCUT2D eigenvalue weighted by Crippen LogP contribution is 2.38. The molecule has 1 aromatic heterocycles. The minimum absolute atomic E-state index is 0.122. The molecule has 0 radical (unpaired) electrons. The molecule has 1 amide bonds. The van der Waals surface area contributed by atoms with Crippen LogP contribution in [0.2, 0.25) is 0 Å². The Kier molecular flexibility index (Phi) is 5.14. The van der Waals surface area contributed by atoms with Crippen molar-refractivity contribution in [2.75, 3.05) is 19.6 Å². The maximum absolute atomic E-state index is 13.2. The molecule has 1 saturated heterocycles. The summed E-state index contributed by atoms with van der Waals surface area (Å²) in [7, 11) is -4.04. The summed E-state index contributed by atoms with van der Waals surface area (Å²) >= 11 is 1.01. The molecule has 8 nitrogen and oxygen atoms in total. The molecule has 3 heterocycles. The zero-order chi connectivity index (χ0) is 18.2. The maximum Gasteiger partial charge on any atom is 0.338 e. The lowest BCUT2D eigenvalue weighted by molar-refractivity contribution is -0.124. The van der Waals surface area contributed by atoms with Gasteiger partial charge in [-0.3, -0.25) is 4.79 Å². The minimum Gasteiger partial charge on any atom is -0.478 e. The van der Waals surface area contributed by atoms with Gasteiger partial charge in [-0.15, -0.1) is 11.3 Å². The smallest absolute Gasteiger partial charge is 0.338 e. The summed E-state index contributed by atoms with van der Waals surface area (Å²) in [4.78, 5) is 24.7. The standard InChI is InChI=1S/C15H21N3O5S2/c1-2-17-13(19)10-4-3-7-18(10)25(22,23)15-12(14(20)21)9-5-6-16-8-11(9)24-15/h10,16H,2-8H2,1H3,(H,17,19)(H,20,21)/t10-/m0/s1. The SMILES string of the molecule is CCNC(=O)[C@@H]1CCCN1S(=O)(=O)c1sc2c(c1C(=O)O)CCNC2. The third-order valence-corrected chi connectivity index (χ3v) is 8.15. The van der Waals surface area contributed by atoms with Gasteiger partial charge < -0.3 is 15.7 Å². The van der Waals surface area contributed by atoms with Crippen molar-refractivity contribution in [3.05, 3.63) is 16.0 Å². The quantitative estimate of drug-likeness (QED) is 0.673. The van der Waals surface area contributed by atoms with Gasteiger partial charge in [0.25, 0.3) is 10.0 Å².